The van der Waals surface area contributed by atoms with Gasteiger partial charge in [-0.15, -0.1) is 0 Å². The summed E-state index contributed by atoms with van der Waals surface area (Å²) in [6.45, 7) is 2.44. The predicted molar refractivity (Wildman–Crippen MR) is 136 cm³/mol. The van der Waals surface area contributed by atoms with Gasteiger partial charge in [-0.3, -0.25) is 10.2 Å². The maximum atomic E-state index is 13.4. The second kappa shape index (κ2) is 8.14. The zero-order valence-electron chi connectivity index (χ0n) is 19.6. The van der Waals surface area contributed by atoms with Gasteiger partial charge in [0.05, 0.1) is 0 Å². The molecule has 2 aliphatic rings. The van der Waals surface area contributed by atoms with Gasteiger partial charge >= 0.3 is 0 Å². The summed E-state index contributed by atoms with van der Waals surface area (Å²) in [6.07, 6.45) is -0.257. The van der Waals surface area contributed by atoms with Crippen LogP contribution in [0.25, 0.3) is 11.1 Å². The van der Waals surface area contributed by atoms with Gasteiger partial charge in [0.25, 0.3) is 5.91 Å². The highest BCUT2D eigenvalue weighted by atomic mass is 19.1. The van der Waals surface area contributed by atoms with Gasteiger partial charge in [-0.25, -0.2) is 4.39 Å². The number of ether oxygens (including phenoxy) is 1. The molecular formula is C30H24FN3O2. The normalized spacial score (nSPS) is 19.0. The largest absolute Gasteiger partial charge is 0.384 e. The Morgan fingerprint density at radius 1 is 0.917 bits per heavy atom. The zero-order valence-corrected chi connectivity index (χ0v) is 19.6. The fraction of sp³-hybridized carbons (Fsp3) is 0.133. The van der Waals surface area contributed by atoms with Crippen molar-refractivity contribution in [2.24, 2.45) is 5.73 Å². The van der Waals surface area contributed by atoms with E-state index in [1.807, 2.05) is 36.4 Å². The molecule has 1 unspecified atom stereocenters. The second-order valence-corrected chi connectivity index (χ2v) is 9.44. The van der Waals surface area contributed by atoms with Crippen LogP contribution in [0.2, 0.25) is 0 Å². The van der Waals surface area contributed by atoms with E-state index in [0.717, 1.165) is 38.9 Å². The van der Waals surface area contributed by atoms with E-state index in [1.54, 1.807) is 24.3 Å². The molecule has 2 bridgehead atoms. The Balaban J connectivity index is 1.25. The molecule has 0 aromatic heterocycles. The van der Waals surface area contributed by atoms with Crippen LogP contribution in [-0.2, 0) is 16.9 Å². The summed E-state index contributed by atoms with van der Waals surface area (Å²) in [6, 6.07) is 25.7. The molecule has 36 heavy (non-hydrogen) atoms. The van der Waals surface area contributed by atoms with Crippen LogP contribution in [0.5, 0.6) is 0 Å². The van der Waals surface area contributed by atoms with E-state index >= 15 is 0 Å². The first-order valence-electron chi connectivity index (χ1n) is 11.8. The number of amidine groups is 1. The van der Waals surface area contributed by atoms with Crippen LogP contribution >= 0.6 is 0 Å². The number of fused-ring (bicyclic) bond motifs is 8. The highest BCUT2D eigenvalue weighted by Crippen LogP contribution is 2.58. The number of nitrogen functional groups attached to an aromatic ring is 1. The van der Waals surface area contributed by atoms with Crippen molar-refractivity contribution < 1.29 is 13.9 Å². The van der Waals surface area contributed by atoms with Crippen LogP contribution in [0.4, 0.5) is 4.39 Å². The minimum Gasteiger partial charge on any atom is -0.384 e. The molecule has 4 aromatic rings. The standard InChI is InChI=1S/C30H24FN3O2/c1-30-25-12-8-20(18-6-10-22(31)11-7-18)14-23(25)27(36-30)24-15-21(9-13-26(24)30)29(35)34-16-17-2-4-19(5-3-17)28(32)33/h2-15,27H,16H2,1H3,(H3,32,33)(H,34,35)/t27?,30-/m1/s1. The molecule has 0 spiro atoms. The number of amides is 1. The summed E-state index contributed by atoms with van der Waals surface area (Å²) in [7, 11) is 0. The van der Waals surface area contributed by atoms with Gasteiger partial charge in [-0.05, 0) is 76.2 Å². The van der Waals surface area contributed by atoms with Gasteiger partial charge in [0.1, 0.15) is 23.4 Å². The molecular weight excluding hydrogens is 453 g/mol. The number of halogens is 1. The monoisotopic (exact) mass is 477 g/mol. The minimum absolute atomic E-state index is 0.0142. The van der Waals surface area contributed by atoms with E-state index < -0.39 is 5.60 Å². The Labute approximate surface area is 208 Å². The average molecular weight is 478 g/mol. The van der Waals surface area contributed by atoms with E-state index in [2.05, 4.69) is 24.4 Å². The molecule has 0 radical (unpaired) electrons. The van der Waals surface area contributed by atoms with Crippen LogP contribution in [0.15, 0.2) is 84.9 Å². The average Bonchev–Trinajstić information content (AvgIpc) is 3.36. The number of benzene rings is 4. The van der Waals surface area contributed by atoms with E-state index in [4.69, 9.17) is 15.9 Å². The van der Waals surface area contributed by atoms with Crippen molar-refractivity contribution >= 4 is 11.7 Å². The molecule has 2 atom stereocenters. The highest BCUT2D eigenvalue weighted by molar-refractivity contribution is 5.95. The lowest BCUT2D eigenvalue weighted by Gasteiger charge is -2.25. The summed E-state index contributed by atoms with van der Waals surface area (Å²) in [5.74, 6) is -0.412. The van der Waals surface area contributed by atoms with Crippen molar-refractivity contribution in [2.75, 3.05) is 0 Å². The fourth-order valence-corrected chi connectivity index (χ4v) is 5.28. The van der Waals surface area contributed by atoms with Crippen LogP contribution in [0, 0.1) is 11.2 Å². The molecule has 1 amide bonds. The molecule has 2 aliphatic heterocycles. The Bertz CT molecular complexity index is 1530. The summed E-state index contributed by atoms with van der Waals surface area (Å²) in [5, 5.41) is 10.5. The van der Waals surface area contributed by atoms with Crippen LogP contribution in [-0.4, -0.2) is 11.7 Å². The number of hydrogen-bond donors (Lipinski definition) is 3. The molecule has 0 fully saturated rings. The SMILES string of the molecule is C[C@]12OC(c3cc(C(=O)NCc4ccc(C(=N)N)cc4)ccc31)c1cc(-c3ccc(F)cc3)ccc12. The van der Waals surface area contributed by atoms with Crippen molar-refractivity contribution in [1.82, 2.24) is 5.32 Å². The first-order valence-corrected chi connectivity index (χ1v) is 11.8. The Morgan fingerprint density at radius 2 is 1.53 bits per heavy atom. The van der Waals surface area contributed by atoms with Gasteiger partial charge in [0, 0.05) is 17.7 Å². The lowest BCUT2D eigenvalue weighted by Crippen LogP contribution is -2.24. The third kappa shape index (κ3) is 3.49. The van der Waals surface area contributed by atoms with Crippen molar-refractivity contribution in [1.29, 1.82) is 5.41 Å². The van der Waals surface area contributed by atoms with E-state index in [9.17, 15) is 9.18 Å². The molecule has 0 saturated heterocycles. The van der Waals surface area contributed by atoms with Crippen LogP contribution in [0.3, 0.4) is 0 Å². The van der Waals surface area contributed by atoms with Gasteiger partial charge < -0.3 is 15.8 Å². The number of nitrogens with two attached hydrogens (primary N) is 1. The summed E-state index contributed by atoms with van der Waals surface area (Å²) in [4.78, 5) is 13.0. The van der Waals surface area contributed by atoms with Gasteiger partial charge in [0.2, 0.25) is 0 Å². The summed E-state index contributed by atoms with van der Waals surface area (Å²) in [5.41, 5.74) is 13.3. The smallest absolute Gasteiger partial charge is 0.251 e. The highest BCUT2D eigenvalue weighted by Gasteiger charge is 2.51. The molecule has 2 heterocycles. The van der Waals surface area contributed by atoms with E-state index in [1.165, 1.54) is 12.1 Å². The summed E-state index contributed by atoms with van der Waals surface area (Å²) < 4.78 is 19.9. The topological polar surface area (TPSA) is 88.2 Å². The maximum absolute atomic E-state index is 13.4. The Morgan fingerprint density at radius 3 is 2.22 bits per heavy atom. The Kier molecular flexibility index (Phi) is 5.02. The fourth-order valence-electron chi connectivity index (χ4n) is 5.28. The minimum atomic E-state index is -0.565. The van der Waals surface area contributed by atoms with Gasteiger partial charge in [-0.2, -0.15) is 0 Å². The van der Waals surface area contributed by atoms with E-state index in [0.29, 0.717) is 17.7 Å². The maximum Gasteiger partial charge on any atom is 0.251 e. The van der Waals surface area contributed by atoms with Crippen molar-refractivity contribution in [3.63, 3.8) is 0 Å². The number of hydrogen-bond acceptors (Lipinski definition) is 3. The molecule has 4 aromatic carbocycles. The van der Waals surface area contributed by atoms with Crippen molar-refractivity contribution in [3.05, 3.63) is 130 Å². The molecule has 0 saturated carbocycles. The first kappa shape index (κ1) is 22.2. The van der Waals surface area contributed by atoms with Gasteiger partial charge in [0.15, 0.2) is 0 Å². The Hall–Kier alpha value is -4.29. The number of nitrogens with one attached hydrogen (secondary N) is 2. The molecule has 178 valence electrons. The zero-order chi connectivity index (χ0) is 25.0. The van der Waals surface area contributed by atoms with Crippen LogP contribution in [0.1, 0.15) is 56.8 Å². The lowest BCUT2D eigenvalue weighted by molar-refractivity contribution is 0.00901. The molecule has 6 heteroatoms. The second-order valence-electron chi connectivity index (χ2n) is 9.44. The van der Waals surface area contributed by atoms with Gasteiger partial charge in [-0.1, -0.05) is 54.6 Å². The molecule has 5 nitrogen and oxygen atoms in total. The van der Waals surface area contributed by atoms with E-state index in [-0.39, 0.29) is 23.7 Å². The third-order valence-corrected chi connectivity index (χ3v) is 7.21. The van der Waals surface area contributed by atoms with Crippen molar-refractivity contribution in [2.45, 2.75) is 25.2 Å². The number of carbonyl (C=O) groups is 1. The molecule has 6 rings (SSSR count). The van der Waals surface area contributed by atoms with Crippen molar-refractivity contribution in [3.8, 4) is 11.1 Å². The number of rotatable bonds is 5. The first-order chi connectivity index (χ1) is 17.3. The van der Waals surface area contributed by atoms with Crippen LogP contribution < -0.4 is 11.1 Å². The lowest BCUT2D eigenvalue weighted by atomic mass is 9.77. The molecule has 4 N–H and O–H groups in total. The molecule has 0 aliphatic carbocycles. The number of carbonyl (C=O) groups excluding carboxylic acids is 1. The predicted octanol–water partition coefficient (Wildman–Crippen LogP) is 5.40. The summed E-state index contributed by atoms with van der Waals surface area (Å²) >= 11 is 0. The third-order valence-electron chi connectivity index (χ3n) is 7.21. The quantitative estimate of drug-likeness (QED) is 0.266.